The minimum Gasteiger partial charge on any atom is -0.390 e. The highest BCUT2D eigenvalue weighted by molar-refractivity contribution is 7.88. The summed E-state index contributed by atoms with van der Waals surface area (Å²) in [6.07, 6.45) is -1.21. The zero-order valence-corrected chi connectivity index (χ0v) is 20.8. The van der Waals surface area contributed by atoms with Crippen molar-refractivity contribution in [2.45, 2.75) is 44.6 Å². The number of imidazole rings is 1. The minimum absolute atomic E-state index is 0.0367. The summed E-state index contributed by atoms with van der Waals surface area (Å²) in [6, 6.07) is 0.562. The summed E-state index contributed by atoms with van der Waals surface area (Å²) in [5.74, 6) is -0.873. The van der Waals surface area contributed by atoms with E-state index in [-0.39, 0.29) is 58.6 Å². The number of hydrogen-bond donors (Lipinski definition) is 3. The molecule has 196 valence electrons. The van der Waals surface area contributed by atoms with Crippen molar-refractivity contribution >= 4 is 38.6 Å². The number of aliphatic hydroxyl groups is 2. The van der Waals surface area contributed by atoms with Crippen molar-refractivity contribution in [2.75, 3.05) is 24.7 Å². The van der Waals surface area contributed by atoms with Gasteiger partial charge in [-0.1, -0.05) is 11.6 Å². The molecule has 1 aliphatic heterocycles. The SMILES string of the molecule is CC(C(F)F)n1c(CO)nc2c(F)cc(-c3nc(NC4CCN(S(C)(=O)=O)CC4O)ncc3Cl)cc21. The van der Waals surface area contributed by atoms with E-state index in [9.17, 15) is 31.8 Å². The highest BCUT2D eigenvalue weighted by Crippen LogP contribution is 2.33. The number of benzene rings is 1. The number of anilines is 1. The van der Waals surface area contributed by atoms with Crippen LogP contribution < -0.4 is 5.32 Å². The summed E-state index contributed by atoms with van der Waals surface area (Å²) in [4.78, 5) is 12.4. The van der Waals surface area contributed by atoms with Crippen LogP contribution in [-0.4, -0.2) is 80.4 Å². The molecule has 1 aliphatic rings. The van der Waals surface area contributed by atoms with Gasteiger partial charge in [0.15, 0.2) is 5.82 Å². The summed E-state index contributed by atoms with van der Waals surface area (Å²) >= 11 is 6.28. The standard InChI is InChI=1S/C21H24ClF3N6O4S/c1-10(20(24)25)31-15-6-11(5-13(23)19(15)28-17(31)9-32)18-12(22)7-26-21(29-18)27-14-3-4-30(8-16(14)33)36(2,34)35/h5-7,10,14,16,20,32-33H,3-4,8-9H2,1-2H3,(H,26,27,29). The van der Waals surface area contributed by atoms with E-state index in [0.29, 0.717) is 0 Å². The third-order valence-corrected chi connectivity index (χ3v) is 7.63. The van der Waals surface area contributed by atoms with Crippen LogP contribution in [0.25, 0.3) is 22.3 Å². The fourth-order valence-corrected chi connectivity index (χ4v) is 5.25. The van der Waals surface area contributed by atoms with Crippen molar-refractivity contribution in [1.82, 2.24) is 23.8 Å². The number of rotatable bonds is 7. The molecule has 0 radical (unpaired) electrons. The van der Waals surface area contributed by atoms with Gasteiger partial charge in [-0.25, -0.2) is 36.5 Å². The van der Waals surface area contributed by atoms with Gasteiger partial charge in [0.2, 0.25) is 16.0 Å². The Kier molecular flexibility index (Phi) is 7.44. The smallest absolute Gasteiger partial charge is 0.258 e. The third-order valence-electron chi connectivity index (χ3n) is 6.08. The molecule has 0 amide bonds. The molecule has 1 aromatic carbocycles. The van der Waals surface area contributed by atoms with Gasteiger partial charge in [0.05, 0.1) is 46.9 Å². The molecule has 3 N–H and O–H groups in total. The molecule has 0 saturated carbocycles. The minimum atomic E-state index is -3.45. The Morgan fingerprint density at radius 2 is 2.03 bits per heavy atom. The van der Waals surface area contributed by atoms with Gasteiger partial charge in [0.25, 0.3) is 6.43 Å². The zero-order chi connectivity index (χ0) is 26.4. The van der Waals surface area contributed by atoms with Crippen LogP contribution in [-0.2, 0) is 16.6 Å². The number of β-amino-alcohol motifs (C(OH)–C–C–N with tert-alkyl or cyclic N) is 1. The number of aromatic nitrogens is 4. The fraction of sp³-hybridized carbons (Fsp3) is 0.476. The predicted molar refractivity (Wildman–Crippen MR) is 127 cm³/mol. The van der Waals surface area contributed by atoms with E-state index in [4.69, 9.17) is 11.6 Å². The van der Waals surface area contributed by atoms with Crippen LogP contribution >= 0.6 is 11.6 Å². The number of nitrogens with one attached hydrogen (secondary N) is 1. The Morgan fingerprint density at radius 1 is 1.31 bits per heavy atom. The molecule has 36 heavy (non-hydrogen) atoms. The van der Waals surface area contributed by atoms with Crippen LogP contribution in [0.4, 0.5) is 19.1 Å². The molecule has 15 heteroatoms. The quantitative estimate of drug-likeness (QED) is 0.410. The Labute approximate surface area is 209 Å². The number of nitrogens with zero attached hydrogens (tertiary/aromatic N) is 5. The number of aliphatic hydroxyl groups excluding tert-OH is 2. The molecule has 3 heterocycles. The van der Waals surface area contributed by atoms with Crippen LogP contribution in [0.1, 0.15) is 25.2 Å². The molecule has 4 rings (SSSR count). The van der Waals surface area contributed by atoms with Gasteiger partial charge in [-0.3, -0.25) is 0 Å². The van der Waals surface area contributed by atoms with Gasteiger partial charge < -0.3 is 20.1 Å². The lowest BCUT2D eigenvalue weighted by Crippen LogP contribution is -2.51. The first-order valence-corrected chi connectivity index (χ1v) is 13.1. The number of sulfonamides is 1. The first-order chi connectivity index (χ1) is 16.9. The predicted octanol–water partition coefficient (Wildman–Crippen LogP) is 2.41. The van der Waals surface area contributed by atoms with Crippen molar-refractivity contribution in [1.29, 1.82) is 0 Å². The van der Waals surface area contributed by atoms with Crippen molar-refractivity contribution in [2.24, 2.45) is 0 Å². The molecule has 1 fully saturated rings. The fourth-order valence-electron chi connectivity index (χ4n) is 4.19. The largest absolute Gasteiger partial charge is 0.390 e. The van der Waals surface area contributed by atoms with Gasteiger partial charge in [-0.05, 0) is 25.5 Å². The molecule has 0 spiro atoms. The average molecular weight is 549 g/mol. The van der Waals surface area contributed by atoms with E-state index in [1.54, 1.807) is 0 Å². The topological polar surface area (TPSA) is 133 Å². The van der Waals surface area contributed by atoms with Gasteiger partial charge in [0.1, 0.15) is 17.9 Å². The van der Waals surface area contributed by atoms with E-state index < -0.39 is 47.1 Å². The van der Waals surface area contributed by atoms with Crippen LogP contribution in [0.15, 0.2) is 18.3 Å². The number of halogens is 4. The van der Waals surface area contributed by atoms with E-state index in [1.807, 2.05) is 0 Å². The third kappa shape index (κ3) is 5.13. The van der Waals surface area contributed by atoms with Crippen molar-refractivity contribution in [3.05, 3.63) is 35.0 Å². The van der Waals surface area contributed by atoms with Crippen LogP contribution in [0.2, 0.25) is 5.02 Å². The van der Waals surface area contributed by atoms with Gasteiger partial charge in [-0.15, -0.1) is 0 Å². The highest BCUT2D eigenvalue weighted by Gasteiger charge is 2.32. The molecule has 3 unspecified atom stereocenters. The Balaban J connectivity index is 1.69. The number of piperidine rings is 1. The lowest BCUT2D eigenvalue weighted by atomic mass is 10.0. The molecule has 0 bridgehead atoms. The summed E-state index contributed by atoms with van der Waals surface area (Å²) in [5, 5.41) is 23.0. The molecule has 2 aromatic heterocycles. The molecule has 3 atom stereocenters. The summed E-state index contributed by atoms with van der Waals surface area (Å²) < 4.78 is 67.7. The van der Waals surface area contributed by atoms with Crippen molar-refractivity contribution in [3.8, 4) is 11.3 Å². The maximum Gasteiger partial charge on any atom is 0.258 e. The molecule has 0 aliphatic carbocycles. The molecular weight excluding hydrogens is 525 g/mol. The first kappa shape index (κ1) is 26.5. The van der Waals surface area contributed by atoms with E-state index in [2.05, 4.69) is 20.3 Å². The lowest BCUT2D eigenvalue weighted by Gasteiger charge is -2.34. The second-order valence-electron chi connectivity index (χ2n) is 8.58. The monoisotopic (exact) mass is 548 g/mol. The zero-order valence-electron chi connectivity index (χ0n) is 19.2. The number of alkyl halides is 2. The molecule has 3 aromatic rings. The molecular formula is C21H24ClF3N6O4S. The summed E-state index contributed by atoms with van der Waals surface area (Å²) in [7, 11) is -3.45. The Bertz CT molecular complexity index is 1390. The van der Waals surface area contributed by atoms with Crippen molar-refractivity contribution in [3.63, 3.8) is 0 Å². The molecule has 1 saturated heterocycles. The van der Waals surface area contributed by atoms with Crippen molar-refractivity contribution < 1.29 is 31.8 Å². The molecule has 10 nitrogen and oxygen atoms in total. The van der Waals surface area contributed by atoms with Crippen LogP contribution in [0.3, 0.4) is 0 Å². The Hall–Kier alpha value is -2.52. The highest BCUT2D eigenvalue weighted by atomic mass is 35.5. The van der Waals surface area contributed by atoms with Gasteiger partial charge in [0, 0.05) is 18.7 Å². The average Bonchev–Trinajstić information content (AvgIpc) is 3.19. The Morgan fingerprint density at radius 3 is 2.64 bits per heavy atom. The maximum absolute atomic E-state index is 15.0. The second kappa shape index (κ2) is 10.1. The van der Waals surface area contributed by atoms with E-state index in [1.165, 1.54) is 23.5 Å². The van der Waals surface area contributed by atoms with E-state index in [0.717, 1.165) is 16.9 Å². The number of fused-ring (bicyclic) bond motifs is 1. The second-order valence-corrected chi connectivity index (χ2v) is 11.0. The maximum atomic E-state index is 15.0. The van der Waals surface area contributed by atoms with Gasteiger partial charge in [-0.2, -0.15) is 4.31 Å². The number of hydrogen-bond acceptors (Lipinski definition) is 8. The summed E-state index contributed by atoms with van der Waals surface area (Å²) in [5.41, 5.74) is 0.116. The summed E-state index contributed by atoms with van der Waals surface area (Å²) in [6.45, 7) is 0.659. The first-order valence-electron chi connectivity index (χ1n) is 10.9. The van der Waals surface area contributed by atoms with Gasteiger partial charge >= 0.3 is 0 Å². The van der Waals surface area contributed by atoms with Crippen LogP contribution in [0, 0.1) is 5.82 Å². The van der Waals surface area contributed by atoms with Crippen LogP contribution in [0.5, 0.6) is 0 Å². The van der Waals surface area contributed by atoms with E-state index >= 15 is 0 Å². The normalized spacial score (nSPS) is 20.2. The lowest BCUT2D eigenvalue weighted by molar-refractivity contribution is 0.0895.